The van der Waals surface area contributed by atoms with Crippen LogP contribution >= 0.6 is 0 Å². The highest BCUT2D eigenvalue weighted by Crippen LogP contribution is 2.31. The van der Waals surface area contributed by atoms with Gasteiger partial charge in [0.2, 0.25) is 11.8 Å². The van der Waals surface area contributed by atoms with Crippen molar-refractivity contribution >= 4 is 11.8 Å². The van der Waals surface area contributed by atoms with Crippen molar-refractivity contribution in [2.24, 2.45) is 23.5 Å². The van der Waals surface area contributed by atoms with Crippen LogP contribution in [0.3, 0.4) is 0 Å². The summed E-state index contributed by atoms with van der Waals surface area (Å²) < 4.78 is 5.96. The molecule has 0 aromatic heterocycles. The summed E-state index contributed by atoms with van der Waals surface area (Å²) in [6.45, 7) is 3.29. The van der Waals surface area contributed by atoms with E-state index >= 15 is 0 Å². The van der Waals surface area contributed by atoms with E-state index in [-0.39, 0.29) is 23.7 Å². The van der Waals surface area contributed by atoms with Crippen molar-refractivity contribution in [2.75, 3.05) is 6.61 Å². The Hall–Kier alpha value is -2.04. The minimum Gasteiger partial charge on any atom is -0.493 e. The molecule has 3 N–H and O–H groups in total. The molecule has 3 rings (SSSR count). The molecule has 0 unspecified atom stereocenters. The van der Waals surface area contributed by atoms with Gasteiger partial charge in [-0.1, -0.05) is 12.1 Å². The zero-order valence-electron chi connectivity index (χ0n) is 14.9. The van der Waals surface area contributed by atoms with Gasteiger partial charge in [-0.2, -0.15) is 0 Å². The van der Waals surface area contributed by atoms with Crippen LogP contribution in [0, 0.1) is 24.7 Å². The van der Waals surface area contributed by atoms with Crippen LogP contribution in [0.1, 0.15) is 49.7 Å². The Morgan fingerprint density at radius 2 is 1.80 bits per heavy atom. The van der Waals surface area contributed by atoms with E-state index in [0.29, 0.717) is 25.3 Å². The fraction of sp³-hybridized carbons (Fsp3) is 0.600. The van der Waals surface area contributed by atoms with Crippen molar-refractivity contribution < 1.29 is 14.3 Å². The van der Waals surface area contributed by atoms with E-state index in [4.69, 9.17) is 10.5 Å². The maximum Gasteiger partial charge on any atom is 0.223 e. The molecule has 2 saturated carbocycles. The number of carbonyl (C=O) groups is 2. The highest BCUT2D eigenvalue weighted by molar-refractivity contribution is 5.80. The highest BCUT2D eigenvalue weighted by Gasteiger charge is 2.28. The van der Waals surface area contributed by atoms with E-state index in [2.05, 4.69) is 5.32 Å². The van der Waals surface area contributed by atoms with Gasteiger partial charge in [0.15, 0.2) is 0 Å². The summed E-state index contributed by atoms with van der Waals surface area (Å²) in [4.78, 5) is 23.7. The van der Waals surface area contributed by atoms with Gasteiger partial charge >= 0.3 is 0 Å². The van der Waals surface area contributed by atoms with Gasteiger partial charge in [-0.05, 0) is 63.0 Å². The Balaban J connectivity index is 1.52. The molecule has 0 radical (unpaired) electrons. The number of hydrogen-bond donors (Lipinski definition) is 2. The van der Waals surface area contributed by atoms with Gasteiger partial charge in [0.1, 0.15) is 5.75 Å². The molecule has 2 amide bonds. The molecule has 5 nitrogen and oxygen atoms in total. The first-order chi connectivity index (χ1) is 12.0. The molecule has 0 bridgehead atoms. The molecule has 0 aliphatic heterocycles. The van der Waals surface area contributed by atoms with Crippen LogP contribution in [-0.2, 0) is 16.1 Å². The fourth-order valence-corrected chi connectivity index (χ4v) is 3.40. The van der Waals surface area contributed by atoms with Crippen LogP contribution in [0.25, 0.3) is 0 Å². The third-order valence-corrected chi connectivity index (χ3v) is 5.35. The van der Waals surface area contributed by atoms with Crippen molar-refractivity contribution in [2.45, 2.75) is 52.0 Å². The van der Waals surface area contributed by atoms with E-state index in [1.807, 2.05) is 25.1 Å². The summed E-state index contributed by atoms with van der Waals surface area (Å²) in [5, 5.41) is 3.04. The first kappa shape index (κ1) is 17.8. The van der Waals surface area contributed by atoms with Gasteiger partial charge in [-0.3, -0.25) is 9.59 Å². The number of nitrogens with two attached hydrogens (primary N) is 1. The highest BCUT2D eigenvalue weighted by atomic mass is 16.5. The summed E-state index contributed by atoms with van der Waals surface area (Å²) in [7, 11) is 0. The maximum absolute atomic E-state index is 12.4. The quantitative estimate of drug-likeness (QED) is 0.798. The Labute approximate surface area is 149 Å². The van der Waals surface area contributed by atoms with E-state index in [9.17, 15) is 9.59 Å². The average Bonchev–Trinajstić information content (AvgIpc) is 3.43. The van der Waals surface area contributed by atoms with Gasteiger partial charge in [0.05, 0.1) is 6.61 Å². The Bertz CT molecular complexity index is 632. The number of rotatable bonds is 7. The van der Waals surface area contributed by atoms with E-state index < -0.39 is 0 Å². The summed E-state index contributed by atoms with van der Waals surface area (Å²) in [6.07, 6.45) is 5.41. The number of hydrogen-bond acceptors (Lipinski definition) is 3. The van der Waals surface area contributed by atoms with E-state index in [1.165, 1.54) is 12.8 Å². The summed E-state index contributed by atoms with van der Waals surface area (Å²) >= 11 is 0. The number of ether oxygens (including phenoxy) is 1. The standard InChI is InChI=1S/C20H28N2O3/c1-13-2-5-17(18(10-13)25-12-14-3-4-14)11-22-20(24)16-8-6-15(7-9-16)19(21)23/h2,5,10,14-16H,3-4,6-9,11-12H2,1H3,(H2,21,23)(H,22,24). The second-order valence-corrected chi connectivity index (χ2v) is 7.53. The lowest BCUT2D eigenvalue weighted by molar-refractivity contribution is -0.129. The van der Waals surface area contributed by atoms with Crippen molar-refractivity contribution in [3.63, 3.8) is 0 Å². The van der Waals surface area contributed by atoms with Gasteiger partial charge in [0.25, 0.3) is 0 Å². The third-order valence-electron chi connectivity index (χ3n) is 5.35. The summed E-state index contributed by atoms with van der Waals surface area (Å²) in [5.74, 6) is 1.32. The van der Waals surface area contributed by atoms with Crippen LogP contribution in [0.5, 0.6) is 5.75 Å². The predicted octanol–water partition coefficient (Wildman–Crippen LogP) is 2.69. The predicted molar refractivity (Wildman–Crippen MR) is 95.9 cm³/mol. The zero-order valence-corrected chi connectivity index (χ0v) is 14.9. The van der Waals surface area contributed by atoms with Crippen molar-refractivity contribution in [1.82, 2.24) is 5.32 Å². The van der Waals surface area contributed by atoms with Crippen molar-refractivity contribution in [3.05, 3.63) is 29.3 Å². The topological polar surface area (TPSA) is 81.4 Å². The fourth-order valence-electron chi connectivity index (χ4n) is 3.40. The summed E-state index contributed by atoms with van der Waals surface area (Å²) in [5.41, 5.74) is 7.53. The van der Waals surface area contributed by atoms with Crippen molar-refractivity contribution in [1.29, 1.82) is 0 Å². The number of benzene rings is 1. The largest absolute Gasteiger partial charge is 0.493 e. The number of carbonyl (C=O) groups excluding carboxylic acids is 2. The number of aryl methyl sites for hydroxylation is 1. The van der Waals surface area contributed by atoms with Crippen LogP contribution in [0.2, 0.25) is 0 Å². The first-order valence-electron chi connectivity index (χ1n) is 9.32. The molecule has 1 aromatic carbocycles. The van der Waals surface area contributed by atoms with Gasteiger partial charge < -0.3 is 15.8 Å². The lowest BCUT2D eigenvalue weighted by Gasteiger charge is -2.26. The van der Waals surface area contributed by atoms with Crippen LogP contribution < -0.4 is 15.8 Å². The number of nitrogens with one attached hydrogen (secondary N) is 1. The average molecular weight is 344 g/mol. The van der Waals surface area contributed by atoms with E-state index in [0.717, 1.165) is 36.3 Å². The molecule has 0 atom stereocenters. The smallest absolute Gasteiger partial charge is 0.223 e. The van der Waals surface area contributed by atoms with Crippen molar-refractivity contribution in [3.8, 4) is 5.75 Å². The lowest BCUT2D eigenvalue weighted by atomic mass is 9.81. The molecule has 136 valence electrons. The van der Waals surface area contributed by atoms with Gasteiger partial charge in [0, 0.05) is 23.9 Å². The van der Waals surface area contributed by atoms with E-state index in [1.54, 1.807) is 0 Å². The normalized spacial score (nSPS) is 23.1. The molecular weight excluding hydrogens is 316 g/mol. The Morgan fingerprint density at radius 1 is 1.12 bits per heavy atom. The van der Waals surface area contributed by atoms with Gasteiger partial charge in [-0.15, -0.1) is 0 Å². The van der Waals surface area contributed by atoms with Crippen LogP contribution in [-0.4, -0.2) is 18.4 Å². The number of amides is 2. The molecule has 2 aliphatic carbocycles. The second kappa shape index (κ2) is 7.89. The van der Waals surface area contributed by atoms with Crippen LogP contribution in [0.4, 0.5) is 0 Å². The molecular formula is C20H28N2O3. The zero-order chi connectivity index (χ0) is 17.8. The molecule has 0 heterocycles. The number of primary amides is 1. The molecule has 0 spiro atoms. The second-order valence-electron chi connectivity index (χ2n) is 7.53. The third kappa shape index (κ3) is 4.97. The molecule has 1 aromatic rings. The molecule has 2 aliphatic rings. The maximum atomic E-state index is 12.4. The summed E-state index contributed by atoms with van der Waals surface area (Å²) in [6, 6.07) is 6.12. The lowest BCUT2D eigenvalue weighted by Crippen LogP contribution is -2.35. The Kier molecular flexibility index (Phi) is 5.61. The minimum absolute atomic E-state index is 0.0168. The van der Waals surface area contributed by atoms with Gasteiger partial charge in [-0.25, -0.2) is 0 Å². The molecule has 0 saturated heterocycles. The SMILES string of the molecule is Cc1ccc(CNC(=O)C2CCC(C(N)=O)CC2)c(OCC2CC2)c1. The molecule has 2 fully saturated rings. The molecule has 5 heteroatoms. The minimum atomic E-state index is -0.240. The molecule has 25 heavy (non-hydrogen) atoms. The van der Waals surface area contributed by atoms with Crippen LogP contribution in [0.15, 0.2) is 18.2 Å². The monoisotopic (exact) mass is 344 g/mol. The Morgan fingerprint density at radius 3 is 2.44 bits per heavy atom. The first-order valence-corrected chi connectivity index (χ1v) is 9.32.